The number of amides is 1. The number of rotatable bonds is 8. The molecular formula is C26H28BrN3O4S2. The second kappa shape index (κ2) is 12.0. The second-order valence-electron chi connectivity index (χ2n) is 9.02. The zero-order chi connectivity index (χ0) is 26.3. The Morgan fingerprint density at radius 1 is 1.00 bits per heavy atom. The average Bonchev–Trinajstić information content (AvgIpc) is 2.79. The fourth-order valence-electron chi connectivity index (χ4n) is 3.20. The molecule has 0 radical (unpaired) electrons. The maximum absolute atomic E-state index is 12.6. The lowest BCUT2D eigenvalue weighted by Crippen LogP contribution is -2.40. The van der Waals surface area contributed by atoms with E-state index in [1.165, 1.54) is 17.7 Å². The van der Waals surface area contributed by atoms with Gasteiger partial charge in [0.05, 0.1) is 16.0 Å². The standard InChI is InChI=1S/C26H28BrN3O4S2/c1-26(2,3)30-36(32,33)21-12-10-20(11-13-21)28-25(35)29-24(31)19-9-14-23(22(27)17-19)34-16-15-18-7-5-4-6-8-18/h4-14,17,30H,15-16H2,1-3H3,(H2,28,29,31,35). The first-order valence-electron chi connectivity index (χ1n) is 11.2. The second-order valence-corrected chi connectivity index (χ2v) is 12.0. The monoisotopic (exact) mass is 589 g/mol. The molecule has 0 aromatic heterocycles. The van der Waals surface area contributed by atoms with Crippen molar-refractivity contribution in [1.29, 1.82) is 0 Å². The van der Waals surface area contributed by atoms with Gasteiger partial charge in [-0.1, -0.05) is 30.3 Å². The van der Waals surface area contributed by atoms with E-state index in [0.29, 0.717) is 28.1 Å². The van der Waals surface area contributed by atoms with E-state index >= 15 is 0 Å². The molecule has 0 heterocycles. The van der Waals surface area contributed by atoms with Crippen LogP contribution >= 0.6 is 28.1 Å². The third-order valence-electron chi connectivity index (χ3n) is 4.78. The summed E-state index contributed by atoms with van der Waals surface area (Å²) in [4.78, 5) is 12.8. The van der Waals surface area contributed by atoms with Crippen LogP contribution in [0.2, 0.25) is 0 Å². The number of carbonyl (C=O) groups excluding carboxylic acids is 1. The largest absolute Gasteiger partial charge is 0.492 e. The molecule has 0 saturated heterocycles. The van der Waals surface area contributed by atoms with E-state index in [1.807, 2.05) is 30.3 Å². The maximum atomic E-state index is 12.6. The van der Waals surface area contributed by atoms with Crippen LogP contribution in [0, 0.1) is 0 Å². The van der Waals surface area contributed by atoms with Crippen LogP contribution in [0.4, 0.5) is 5.69 Å². The SMILES string of the molecule is CC(C)(C)NS(=O)(=O)c1ccc(NC(=S)NC(=O)c2ccc(OCCc3ccccc3)c(Br)c2)cc1. The molecule has 0 unspecified atom stereocenters. The van der Waals surface area contributed by atoms with Crippen molar-refractivity contribution in [2.75, 3.05) is 11.9 Å². The molecule has 190 valence electrons. The number of hydrogen-bond donors (Lipinski definition) is 3. The maximum Gasteiger partial charge on any atom is 0.257 e. The molecule has 3 aromatic rings. The Balaban J connectivity index is 1.54. The predicted molar refractivity (Wildman–Crippen MR) is 150 cm³/mol. The van der Waals surface area contributed by atoms with Crippen molar-refractivity contribution in [3.63, 3.8) is 0 Å². The van der Waals surface area contributed by atoms with E-state index in [2.05, 4.69) is 31.3 Å². The lowest BCUT2D eigenvalue weighted by molar-refractivity contribution is 0.0977. The number of anilines is 1. The van der Waals surface area contributed by atoms with Crippen LogP contribution in [-0.2, 0) is 16.4 Å². The van der Waals surface area contributed by atoms with Crippen LogP contribution in [0.25, 0.3) is 0 Å². The molecule has 0 aliphatic heterocycles. The summed E-state index contributed by atoms with van der Waals surface area (Å²) in [6.45, 7) is 5.82. The van der Waals surface area contributed by atoms with Gasteiger partial charge in [0.2, 0.25) is 10.0 Å². The minimum absolute atomic E-state index is 0.0859. The Morgan fingerprint density at radius 2 is 1.67 bits per heavy atom. The third kappa shape index (κ3) is 8.41. The van der Waals surface area contributed by atoms with Crippen LogP contribution in [-0.4, -0.2) is 31.6 Å². The summed E-state index contributed by atoms with van der Waals surface area (Å²) >= 11 is 8.70. The fourth-order valence-corrected chi connectivity index (χ4v) is 5.32. The number of thiocarbonyl (C=S) groups is 1. The molecule has 0 bridgehead atoms. The van der Waals surface area contributed by atoms with Gasteiger partial charge in [0.15, 0.2) is 5.11 Å². The topological polar surface area (TPSA) is 96.5 Å². The van der Waals surface area contributed by atoms with Gasteiger partial charge < -0.3 is 10.1 Å². The van der Waals surface area contributed by atoms with Gasteiger partial charge in [0.25, 0.3) is 5.91 Å². The molecule has 10 heteroatoms. The summed E-state index contributed by atoms with van der Waals surface area (Å²) in [5.41, 5.74) is 1.53. The van der Waals surface area contributed by atoms with Crippen molar-refractivity contribution in [3.05, 3.63) is 88.4 Å². The van der Waals surface area contributed by atoms with Gasteiger partial charge in [0, 0.05) is 23.2 Å². The Hall–Kier alpha value is -2.79. The van der Waals surface area contributed by atoms with Crippen LogP contribution < -0.4 is 20.1 Å². The van der Waals surface area contributed by atoms with Crippen molar-refractivity contribution in [3.8, 4) is 5.75 Å². The summed E-state index contributed by atoms with van der Waals surface area (Å²) in [6, 6.07) is 21.2. The van der Waals surface area contributed by atoms with E-state index < -0.39 is 21.5 Å². The van der Waals surface area contributed by atoms with Gasteiger partial charge in [-0.2, -0.15) is 0 Å². The molecule has 7 nitrogen and oxygen atoms in total. The average molecular weight is 591 g/mol. The minimum Gasteiger partial charge on any atom is -0.492 e. The Morgan fingerprint density at radius 3 is 2.28 bits per heavy atom. The number of ether oxygens (including phenoxy) is 1. The van der Waals surface area contributed by atoms with Crippen molar-refractivity contribution >= 4 is 54.9 Å². The van der Waals surface area contributed by atoms with E-state index in [-0.39, 0.29) is 10.0 Å². The van der Waals surface area contributed by atoms with E-state index in [4.69, 9.17) is 17.0 Å². The molecule has 0 saturated carbocycles. The van der Waals surface area contributed by atoms with Crippen LogP contribution in [0.5, 0.6) is 5.75 Å². The summed E-state index contributed by atoms with van der Waals surface area (Å²) in [5.74, 6) is 0.247. The van der Waals surface area contributed by atoms with Gasteiger partial charge in [-0.25, -0.2) is 13.1 Å². The summed E-state index contributed by atoms with van der Waals surface area (Å²) < 4.78 is 33.9. The summed E-state index contributed by atoms with van der Waals surface area (Å²) in [7, 11) is -3.64. The highest BCUT2D eigenvalue weighted by Crippen LogP contribution is 2.26. The van der Waals surface area contributed by atoms with E-state index in [1.54, 1.807) is 51.1 Å². The lowest BCUT2D eigenvalue weighted by Gasteiger charge is -2.20. The van der Waals surface area contributed by atoms with Crippen LogP contribution in [0.1, 0.15) is 36.7 Å². The predicted octanol–water partition coefficient (Wildman–Crippen LogP) is 5.27. The highest BCUT2D eigenvalue weighted by Gasteiger charge is 2.21. The molecule has 0 aliphatic carbocycles. The van der Waals surface area contributed by atoms with Crippen LogP contribution in [0.15, 0.2) is 82.2 Å². The number of hydrogen-bond acceptors (Lipinski definition) is 5. The Bertz CT molecular complexity index is 1320. The first kappa shape index (κ1) is 27.8. The molecule has 0 aliphatic rings. The molecule has 36 heavy (non-hydrogen) atoms. The minimum atomic E-state index is -3.64. The molecule has 3 N–H and O–H groups in total. The van der Waals surface area contributed by atoms with Crippen molar-refractivity contribution in [1.82, 2.24) is 10.0 Å². The number of nitrogens with one attached hydrogen (secondary N) is 3. The van der Waals surface area contributed by atoms with Gasteiger partial charge in [-0.3, -0.25) is 10.1 Å². The summed E-state index contributed by atoms with van der Waals surface area (Å²) in [6.07, 6.45) is 0.773. The fraction of sp³-hybridized carbons (Fsp3) is 0.231. The Kier molecular flexibility index (Phi) is 9.24. The smallest absolute Gasteiger partial charge is 0.257 e. The highest BCUT2D eigenvalue weighted by atomic mass is 79.9. The highest BCUT2D eigenvalue weighted by molar-refractivity contribution is 9.10. The zero-order valence-electron chi connectivity index (χ0n) is 20.2. The molecule has 3 rings (SSSR count). The van der Waals surface area contributed by atoms with Gasteiger partial charge >= 0.3 is 0 Å². The molecule has 1 amide bonds. The first-order valence-corrected chi connectivity index (χ1v) is 13.8. The first-order chi connectivity index (χ1) is 16.9. The summed E-state index contributed by atoms with van der Waals surface area (Å²) in [5, 5.41) is 5.59. The number of sulfonamides is 1. The van der Waals surface area contributed by atoms with Crippen molar-refractivity contribution in [2.45, 2.75) is 37.6 Å². The van der Waals surface area contributed by atoms with E-state index in [0.717, 1.165) is 6.42 Å². The molecule has 3 aromatic carbocycles. The zero-order valence-corrected chi connectivity index (χ0v) is 23.4. The van der Waals surface area contributed by atoms with Crippen molar-refractivity contribution < 1.29 is 17.9 Å². The molecular weight excluding hydrogens is 562 g/mol. The van der Waals surface area contributed by atoms with Gasteiger partial charge in [-0.05, 0) is 96.9 Å². The van der Waals surface area contributed by atoms with Crippen molar-refractivity contribution in [2.24, 2.45) is 0 Å². The number of benzene rings is 3. The van der Waals surface area contributed by atoms with Crippen LogP contribution in [0.3, 0.4) is 0 Å². The van der Waals surface area contributed by atoms with E-state index in [9.17, 15) is 13.2 Å². The Labute approximate surface area is 225 Å². The molecule has 0 fully saturated rings. The molecule has 0 spiro atoms. The number of halogens is 1. The van der Waals surface area contributed by atoms with Gasteiger partial charge in [0.1, 0.15) is 5.75 Å². The normalized spacial score (nSPS) is 11.6. The molecule has 0 atom stereocenters. The third-order valence-corrected chi connectivity index (χ3v) is 7.37. The number of carbonyl (C=O) groups is 1. The van der Waals surface area contributed by atoms with Gasteiger partial charge in [-0.15, -0.1) is 0 Å². The quantitative estimate of drug-likeness (QED) is 0.310. The lowest BCUT2D eigenvalue weighted by atomic mass is 10.1.